The summed E-state index contributed by atoms with van der Waals surface area (Å²) in [6.07, 6.45) is 4.61. The molecule has 0 spiro atoms. The molecule has 0 unspecified atom stereocenters. The van der Waals surface area contributed by atoms with Gasteiger partial charge < -0.3 is 23.9 Å². The third-order valence-electron chi connectivity index (χ3n) is 5.82. The Balaban J connectivity index is 1.40. The summed E-state index contributed by atoms with van der Waals surface area (Å²) in [7, 11) is 1.55. The van der Waals surface area contributed by atoms with Crippen LogP contribution in [0.2, 0.25) is 0 Å². The minimum atomic E-state index is -0.759. The molecule has 0 bridgehead atoms. The monoisotopic (exact) mass is 527 g/mol. The number of methoxy groups -OCH3 is 1. The molecular formula is C31H29NO7. The smallest absolute Gasteiger partial charge is 0.349 e. The zero-order chi connectivity index (χ0) is 27.6. The molecule has 0 radical (unpaired) electrons. The van der Waals surface area contributed by atoms with Crippen molar-refractivity contribution in [3.05, 3.63) is 106 Å². The molecule has 1 aromatic heterocycles. The van der Waals surface area contributed by atoms with E-state index < -0.39 is 17.5 Å². The Morgan fingerprint density at radius 2 is 1.79 bits per heavy atom. The van der Waals surface area contributed by atoms with Crippen LogP contribution >= 0.6 is 0 Å². The highest BCUT2D eigenvalue weighted by Crippen LogP contribution is 2.29. The number of unbranched alkanes of at least 4 members (excludes halogenated alkanes) is 1. The number of ether oxygens (including phenoxy) is 3. The van der Waals surface area contributed by atoms with Gasteiger partial charge in [0.1, 0.15) is 23.5 Å². The van der Waals surface area contributed by atoms with Crippen LogP contribution in [0.4, 0.5) is 0 Å². The number of benzene rings is 3. The predicted octanol–water partition coefficient (Wildman–Crippen LogP) is 5.53. The van der Waals surface area contributed by atoms with Gasteiger partial charge >= 0.3 is 11.6 Å². The van der Waals surface area contributed by atoms with Gasteiger partial charge in [-0.2, -0.15) is 0 Å². The van der Waals surface area contributed by atoms with Gasteiger partial charge in [-0.3, -0.25) is 4.79 Å². The Hall–Kier alpha value is -4.85. The topological polar surface area (TPSA) is 104 Å². The third-order valence-corrected chi connectivity index (χ3v) is 5.82. The van der Waals surface area contributed by atoms with E-state index >= 15 is 0 Å². The molecular weight excluding hydrogens is 498 g/mol. The van der Waals surface area contributed by atoms with E-state index in [2.05, 4.69) is 5.32 Å². The zero-order valence-electron chi connectivity index (χ0n) is 21.8. The van der Waals surface area contributed by atoms with Gasteiger partial charge in [-0.15, -0.1) is 0 Å². The van der Waals surface area contributed by atoms with Crippen molar-refractivity contribution in [1.82, 2.24) is 5.32 Å². The molecule has 3 aromatic carbocycles. The van der Waals surface area contributed by atoms with E-state index in [1.807, 2.05) is 37.3 Å². The van der Waals surface area contributed by atoms with Gasteiger partial charge in [0.25, 0.3) is 5.91 Å². The molecule has 0 saturated heterocycles. The number of carbonyl (C=O) groups excluding carboxylic acids is 2. The quantitative estimate of drug-likeness (QED) is 0.0899. The Kier molecular flexibility index (Phi) is 9.13. The van der Waals surface area contributed by atoms with Crippen LogP contribution in [-0.2, 0) is 11.4 Å². The fraction of sp³-hybridized carbons (Fsp3) is 0.194. The summed E-state index contributed by atoms with van der Waals surface area (Å²) in [6.45, 7) is 2.89. The summed E-state index contributed by atoms with van der Waals surface area (Å²) in [4.78, 5) is 37.0. The Labute approximate surface area is 225 Å². The van der Waals surface area contributed by atoms with Crippen molar-refractivity contribution in [2.45, 2.75) is 26.4 Å². The van der Waals surface area contributed by atoms with E-state index in [9.17, 15) is 14.4 Å². The van der Waals surface area contributed by atoms with Gasteiger partial charge in [-0.05, 0) is 54.0 Å². The van der Waals surface area contributed by atoms with Crippen LogP contribution in [-0.4, -0.2) is 25.5 Å². The van der Waals surface area contributed by atoms with Crippen molar-refractivity contribution in [2.75, 3.05) is 13.7 Å². The summed E-state index contributed by atoms with van der Waals surface area (Å²) < 4.78 is 22.0. The highest BCUT2D eigenvalue weighted by atomic mass is 16.5. The molecule has 0 aliphatic carbocycles. The number of hydrogen-bond donors (Lipinski definition) is 1. The SMILES string of the molecule is CCCCNC(=O)c1cc2ccc(OC(=O)/C=C/c3ccc(OCc4ccccc4)c(OC)c3)cc2oc1=O. The summed E-state index contributed by atoms with van der Waals surface area (Å²) >= 11 is 0. The van der Waals surface area contributed by atoms with E-state index in [0.717, 1.165) is 18.4 Å². The first-order valence-electron chi connectivity index (χ1n) is 12.6. The fourth-order valence-corrected chi connectivity index (χ4v) is 3.74. The molecule has 4 rings (SSSR count). The number of carbonyl (C=O) groups is 2. The maximum Gasteiger partial charge on any atom is 0.349 e. The zero-order valence-corrected chi connectivity index (χ0v) is 21.8. The molecule has 8 heteroatoms. The Morgan fingerprint density at radius 3 is 2.56 bits per heavy atom. The highest BCUT2D eigenvalue weighted by molar-refractivity contribution is 5.97. The normalized spacial score (nSPS) is 10.9. The second-order valence-electron chi connectivity index (χ2n) is 8.70. The van der Waals surface area contributed by atoms with Gasteiger partial charge in [0.2, 0.25) is 0 Å². The van der Waals surface area contributed by atoms with Gasteiger partial charge in [-0.1, -0.05) is 49.7 Å². The molecule has 0 aliphatic rings. The van der Waals surface area contributed by atoms with Crippen LogP contribution in [0.15, 0.2) is 88.1 Å². The fourth-order valence-electron chi connectivity index (χ4n) is 3.74. The highest BCUT2D eigenvalue weighted by Gasteiger charge is 2.14. The lowest BCUT2D eigenvalue weighted by Crippen LogP contribution is -2.28. The lowest BCUT2D eigenvalue weighted by molar-refractivity contribution is -0.128. The van der Waals surface area contributed by atoms with Crippen molar-refractivity contribution in [2.24, 2.45) is 0 Å². The lowest BCUT2D eigenvalue weighted by Gasteiger charge is -2.11. The average Bonchev–Trinajstić information content (AvgIpc) is 2.95. The molecule has 4 aromatic rings. The molecule has 39 heavy (non-hydrogen) atoms. The molecule has 1 heterocycles. The first-order valence-corrected chi connectivity index (χ1v) is 12.6. The minimum Gasteiger partial charge on any atom is -0.493 e. The molecule has 1 N–H and O–H groups in total. The van der Waals surface area contributed by atoms with Crippen molar-refractivity contribution in [1.29, 1.82) is 0 Å². The Morgan fingerprint density at radius 1 is 0.974 bits per heavy atom. The first kappa shape index (κ1) is 27.2. The van der Waals surface area contributed by atoms with Crippen LogP contribution in [0.1, 0.15) is 41.3 Å². The van der Waals surface area contributed by atoms with Crippen LogP contribution in [0, 0.1) is 0 Å². The summed E-state index contributed by atoms with van der Waals surface area (Å²) in [5, 5.41) is 3.24. The number of amides is 1. The van der Waals surface area contributed by atoms with Crippen molar-refractivity contribution in [3.8, 4) is 17.2 Å². The summed E-state index contributed by atoms with van der Waals surface area (Å²) in [5.74, 6) is 0.214. The van der Waals surface area contributed by atoms with Gasteiger partial charge in [0, 0.05) is 24.1 Å². The van der Waals surface area contributed by atoms with Gasteiger partial charge in [0.15, 0.2) is 11.5 Å². The second-order valence-corrected chi connectivity index (χ2v) is 8.70. The number of fused-ring (bicyclic) bond motifs is 1. The van der Waals surface area contributed by atoms with Crippen LogP contribution in [0.5, 0.6) is 17.2 Å². The standard InChI is InChI=1S/C31H29NO7/c1-3-4-16-32-30(34)25-18-23-12-13-24(19-27(23)39-31(25)35)38-29(33)15-11-21-10-14-26(28(17-21)36-2)37-20-22-8-6-5-7-9-22/h5-15,17-19H,3-4,16,20H2,1-2H3,(H,32,34)/b15-11+. The summed E-state index contributed by atoms with van der Waals surface area (Å²) in [6, 6.07) is 21.2. The average molecular weight is 528 g/mol. The van der Waals surface area contributed by atoms with Crippen molar-refractivity contribution >= 4 is 28.9 Å². The minimum absolute atomic E-state index is 0.0711. The maximum atomic E-state index is 12.4. The number of hydrogen-bond acceptors (Lipinski definition) is 7. The van der Waals surface area contributed by atoms with E-state index in [1.165, 1.54) is 18.2 Å². The van der Waals surface area contributed by atoms with Crippen molar-refractivity contribution in [3.63, 3.8) is 0 Å². The molecule has 1 amide bonds. The summed E-state index contributed by atoms with van der Waals surface area (Å²) in [5.41, 5.74) is 1.12. The number of nitrogens with one attached hydrogen (secondary N) is 1. The second kappa shape index (κ2) is 13.1. The lowest BCUT2D eigenvalue weighted by atomic mass is 10.1. The van der Waals surface area contributed by atoms with E-state index in [1.54, 1.807) is 43.5 Å². The van der Waals surface area contributed by atoms with E-state index in [-0.39, 0.29) is 16.9 Å². The van der Waals surface area contributed by atoms with Crippen LogP contribution in [0.3, 0.4) is 0 Å². The van der Waals surface area contributed by atoms with E-state index in [0.29, 0.717) is 35.6 Å². The predicted molar refractivity (Wildman–Crippen MR) is 148 cm³/mol. The first-order chi connectivity index (χ1) is 19.0. The molecule has 200 valence electrons. The molecule has 0 saturated carbocycles. The molecule has 0 atom stereocenters. The van der Waals surface area contributed by atoms with Gasteiger partial charge in [-0.25, -0.2) is 9.59 Å². The number of rotatable bonds is 11. The van der Waals surface area contributed by atoms with Crippen molar-refractivity contribution < 1.29 is 28.2 Å². The molecule has 0 aliphatic heterocycles. The molecule has 0 fully saturated rings. The number of esters is 1. The Bertz CT molecular complexity index is 1540. The van der Waals surface area contributed by atoms with E-state index in [4.69, 9.17) is 18.6 Å². The largest absolute Gasteiger partial charge is 0.493 e. The van der Waals surface area contributed by atoms with Gasteiger partial charge in [0.05, 0.1) is 7.11 Å². The van der Waals surface area contributed by atoms with Crippen LogP contribution in [0.25, 0.3) is 17.0 Å². The van der Waals surface area contributed by atoms with Crippen LogP contribution < -0.4 is 25.2 Å². The molecule has 8 nitrogen and oxygen atoms in total. The third kappa shape index (κ3) is 7.35. The maximum absolute atomic E-state index is 12.4.